The van der Waals surface area contributed by atoms with Gasteiger partial charge in [-0.15, -0.1) is 0 Å². The van der Waals surface area contributed by atoms with Crippen LogP contribution in [0.4, 0.5) is 29.3 Å². The molecule has 32 heavy (non-hydrogen) atoms. The van der Waals surface area contributed by atoms with E-state index in [1.807, 2.05) is 0 Å². The van der Waals surface area contributed by atoms with Crippen LogP contribution in [0.15, 0.2) is 72.8 Å². The summed E-state index contributed by atoms with van der Waals surface area (Å²) in [6.45, 7) is 0.627. The van der Waals surface area contributed by atoms with Gasteiger partial charge in [-0.05, 0) is 48.5 Å². The molecule has 0 radical (unpaired) electrons. The van der Waals surface area contributed by atoms with E-state index >= 15 is 0 Å². The molecule has 0 unspecified atom stereocenters. The standard InChI is InChI=1S/C23H17F3N2O4/c24-23(25,26)16-6-4-8-18(14-16)32-17-7-3-5-15(13-17)21(29)27-19-9-1-2-10-20(19)28-11-12-31-22(28)30/h1-10,13-14H,11-12H2,(H,27,29). The molecule has 1 saturated heterocycles. The smallest absolute Gasteiger partial charge is 0.416 e. The Hall–Kier alpha value is -4.01. The van der Waals surface area contributed by atoms with Crippen molar-refractivity contribution in [3.63, 3.8) is 0 Å². The maximum atomic E-state index is 12.9. The lowest BCUT2D eigenvalue weighted by atomic mass is 10.1. The summed E-state index contributed by atoms with van der Waals surface area (Å²) in [7, 11) is 0. The number of para-hydroxylation sites is 2. The van der Waals surface area contributed by atoms with Crippen molar-refractivity contribution in [2.45, 2.75) is 6.18 Å². The van der Waals surface area contributed by atoms with Crippen LogP contribution in [-0.4, -0.2) is 25.2 Å². The van der Waals surface area contributed by atoms with Crippen LogP contribution in [-0.2, 0) is 10.9 Å². The van der Waals surface area contributed by atoms with Crippen molar-refractivity contribution in [3.05, 3.63) is 83.9 Å². The second kappa shape index (κ2) is 8.62. The van der Waals surface area contributed by atoms with Crippen LogP contribution in [0, 0.1) is 0 Å². The van der Waals surface area contributed by atoms with Crippen molar-refractivity contribution in [2.24, 2.45) is 0 Å². The summed E-state index contributed by atoms with van der Waals surface area (Å²) in [6, 6.07) is 17.3. The first-order valence-electron chi connectivity index (χ1n) is 9.61. The van der Waals surface area contributed by atoms with Gasteiger partial charge in [-0.25, -0.2) is 4.79 Å². The highest BCUT2D eigenvalue weighted by molar-refractivity contribution is 6.07. The number of hydrogen-bond acceptors (Lipinski definition) is 4. The number of amides is 2. The molecule has 2 amide bonds. The van der Waals surface area contributed by atoms with Crippen molar-refractivity contribution < 1.29 is 32.2 Å². The van der Waals surface area contributed by atoms with Crippen molar-refractivity contribution in [2.75, 3.05) is 23.4 Å². The molecule has 1 aliphatic rings. The average Bonchev–Trinajstić information content (AvgIpc) is 3.19. The first-order valence-corrected chi connectivity index (χ1v) is 9.61. The number of nitrogens with one attached hydrogen (secondary N) is 1. The third-order valence-electron chi connectivity index (χ3n) is 4.70. The Morgan fingerprint density at radius 2 is 1.69 bits per heavy atom. The minimum absolute atomic E-state index is 0.00438. The molecule has 0 spiro atoms. The summed E-state index contributed by atoms with van der Waals surface area (Å²) < 4.78 is 49.2. The molecule has 0 saturated carbocycles. The number of anilines is 2. The van der Waals surface area contributed by atoms with Gasteiger partial charge in [-0.1, -0.05) is 24.3 Å². The highest BCUT2D eigenvalue weighted by atomic mass is 19.4. The Morgan fingerprint density at radius 3 is 2.41 bits per heavy atom. The first-order chi connectivity index (χ1) is 15.3. The fourth-order valence-electron chi connectivity index (χ4n) is 3.19. The third kappa shape index (κ3) is 4.66. The average molecular weight is 442 g/mol. The van der Waals surface area contributed by atoms with Gasteiger partial charge in [0, 0.05) is 5.56 Å². The van der Waals surface area contributed by atoms with E-state index in [9.17, 15) is 22.8 Å². The third-order valence-corrected chi connectivity index (χ3v) is 4.70. The van der Waals surface area contributed by atoms with E-state index in [-0.39, 0.29) is 23.7 Å². The molecule has 4 rings (SSSR count). The van der Waals surface area contributed by atoms with Gasteiger partial charge in [-0.3, -0.25) is 9.69 Å². The summed E-state index contributed by atoms with van der Waals surface area (Å²) in [4.78, 5) is 26.1. The number of cyclic esters (lactones) is 1. The predicted octanol–water partition coefficient (Wildman–Crippen LogP) is 5.71. The Kier molecular flexibility index (Phi) is 5.72. The fourth-order valence-corrected chi connectivity index (χ4v) is 3.19. The number of hydrogen-bond donors (Lipinski definition) is 1. The van der Waals surface area contributed by atoms with Crippen molar-refractivity contribution >= 4 is 23.4 Å². The van der Waals surface area contributed by atoms with Gasteiger partial charge in [0.05, 0.1) is 23.5 Å². The Morgan fingerprint density at radius 1 is 0.969 bits per heavy atom. The lowest BCUT2D eigenvalue weighted by Gasteiger charge is -2.17. The molecule has 3 aromatic carbocycles. The number of rotatable bonds is 5. The van der Waals surface area contributed by atoms with E-state index in [4.69, 9.17) is 9.47 Å². The minimum atomic E-state index is -4.49. The van der Waals surface area contributed by atoms with Gasteiger partial charge >= 0.3 is 12.3 Å². The summed E-state index contributed by atoms with van der Waals surface area (Å²) in [6.07, 6.45) is -4.99. The Balaban J connectivity index is 1.52. The van der Waals surface area contributed by atoms with Gasteiger partial charge in [0.2, 0.25) is 0 Å². The van der Waals surface area contributed by atoms with E-state index in [1.54, 1.807) is 36.4 Å². The van der Waals surface area contributed by atoms with Crippen LogP contribution in [0.1, 0.15) is 15.9 Å². The molecular formula is C23H17F3N2O4. The normalized spacial score (nSPS) is 13.6. The highest BCUT2D eigenvalue weighted by Crippen LogP contribution is 2.33. The molecule has 0 bridgehead atoms. The summed E-state index contributed by atoms with van der Waals surface area (Å²) in [5.41, 5.74) is 0.314. The van der Waals surface area contributed by atoms with Gasteiger partial charge in [-0.2, -0.15) is 13.2 Å². The lowest BCUT2D eigenvalue weighted by Crippen LogP contribution is -2.25. The monoisotopic (exact) mass is 442 g/mol. The molecule has 1 fully saturated rings. The minimum Gasteiger partial charge on any atom is -0.457 e. The molecular weight excluding hydrogens is 425 g/mol. The van der Waals surface area contributed by atoms with Gasteiger partial charge in [0.15, 0.2) is 0 Å². The van der Waals surface area contributed by atoms with E-state index in [1.165, 1.54) is 29.2 Å². The molecule has 0 aliphatic carbocycles. The van der Waals surface area contributed by atoms with Crippen LogP contribution in [0.2, 0.25) is 0 Å². The lowest BCUT2D eigenvalue weighted by molar-refractivity contribution is -0.137. The summed E-state index contributed by atoms with van der Waals surface area (Å²) in [5, 5.41) is 2.75. The largest absolute Gasteiger partial charge is 0.457 e. The number of carbonyl (C=O) groups is 2. The predicted molar refractivity (Wildman–Crippen MR) is 111 cm³/mol. The van der Waals surface area contributed by atoms with E-state index in [0.29, 0.717) is 17.9 Å². The maximum Gasteiger partial charge on any atom is 0.416 e. The van der Waals surface area contributed by atoms with Crippen LogP contribution >= 0.6 is 0 Å². The van der Waals surface area contributed by atoms with Crippen molar-refractivity contribution in [1.82, 2.24) is 0 Å². The van der Waals surface area contributed by atoms with Gasteiger partial charge in [0.25, 0.3) is 5.91 Å². The van der Waals surface area contributed by atoms with Gasteiger partial charge < -0.3 is 14.8 Å². The van der Waals surface area contributed by atoms with Gasteiger partial charge in [0.1, 0.15) is 18.1 Å². The molecule has 164 valence electrons. The number of nitrogens with zero attached hydrogens (tertiary/aromatic N) is 1. The second-order valence-electron chi connectivity index (χ2n) is 6.89. The molecule has 0 aromatic heterocycles. The van der Waals surface area contributed by atoms with E-state index in [0.717, 1.165) is 12.1 Å². The molecule has 1 N–H and O–H groups in total. The molecule has 0 atom stereocenters. The molecule has 6 nitrogen and oxygen atoms in total. The van der Waals surface area contributed by atoms with Crippen LogP contribution in [0.5, 0.6) is 11.5 Å². The topological polar surface area (TPSA) is 67.9 Å². The zero-order valence-electron chi connectivity index (χ0n) is 16.6. The van der Waals surface area contributed by atoms with E-state index < -0.39 is 23.7 Å². The number of halogens is 3. The van der Waals surface area contributed by atoms with Crippen LogP contribution in [0.3, 0.4) is 0 Å². The maximum absolute atomic E-state index is 12.9. The number of ether oxygens (including phenoxy) is 2. The Bertz CT molecular complexity index is 1160. The van der Waals surface area contributed by atoms with Crippen LogP contribution in [0.25, 0.3) is 0 Å². The molecule has 1 aliphatic heterocycles. The molecule has 9 heteroatoms. The Labute approximate surface area is 181 Å². The zero-order valence-corrected chi connectivity index (χ0v) is 16.6. The quantitative estimate of drug-likeness (QED) is 0.550. The fraction of sp³-hybridized carbons (Fsp3) is 0.130. The SMILES string of the molecule is O=C(Nc1ccccc1N1CCOC1=O)c1cccc(Oc2cccc(C(F)(F)F)c2)c1. The summed E-state index contributed by atoms with van der Waals surface area (Å²) >= 11 is 0. The van der Waals surface area contributed by atoms with Crippen molar-refractivity contribution in [1.29, 1.82) is 0 Å². The second-order valence-corrected chi connectivity index (χ2v) is 6.89. The highest BCUT2D eigenvalue weighted by Gasteiger charge is 2.30. The van der Waals surface area contributed by atoms with Crippen LogP contribution < -0.4 is 15.0 Å². The first kappa shape index (κ1) is 21.2. The van der Waals surface area contributed by atoms with E-state index in [2.05, 4.69) is 5.32 Å². The zero-order chi connectivity index (χ0) is 22.7. The summed E-state index contributed by atoms with van der Waals surface area (Å²) in [5.74, 6) is -0.275. The number of benzene rings is 3. The molecule has 3 aromatic rings. The number of carbonyl (C=O) groups excluding carboxylic acids is 2. The van der Waals surface area contributed by atoms with Crippen molar-refractivity contribution in [3.8, 4) is 11.5 Å². The number of alkyl halides is 3. The molecule has 1 heterocycles.